The maximum Gasteiger partial charge on any atom is 0.0931 e. The molecule has 2 atom stereocenters. The Bertz CT molecular complexity index is 570. The quantitative estimate of drug-likeness (QED) is 0.749. The Morgan fingerprint density at radius 1 is 1.24 bits per heavy atom. The van der Waals surface area contributed by atoms with E-state index in [1.807, 2.05) is 6.07 Å². The van der Waals surface area contributed by atoms with Gasteiger partial charge in [-0.25, -0.2) is 0 Å². The van der Waals surface area contributed by atoms with Gasteiger partial charge in [0.2, 0.25) is 0 Å². The molecule has 0 fully saturated rings. The number of halogens is 2. The summed E-state index contributed by atoms with van der Waals surface area (Å²) in [5.74, 6) is 0. The molecule has 5 heteroatoms. The molecular formula is C16H20BrClN2S. The molecule has 21 heavy (non-hydrogen) atoms. The summed E-state index contributed by atoms with van der Waals surface area (Å²) >= 11 is 11.1. The monoisotopic (exact) mass is 386 g/mol. The highest BCUT2D eigenvalue weighted by molar-refractivity contribution is 9.10. The minimum atomic E-state index is 0.103. The van der Waals surface area contributed by atoms with Crippen molar-refractivity contribution < 1.29 is 0 Å². The highest BCUT2D eigenvalue weighted by Crippen LogP contribution is 2.29. The zero-order valence-electron chi connectivity index (χ0n) is 12.2. The first-order chi connectivity index (χ1) is 10.0. The van der Waals surface area contributed by atoms with E-state index in [1.54, 1.807) is 11.3 Å². The zero-order valence-corrected chi connectivity index (χ0v) is 15.4. The molecule has 1 heterocycles. The Kier molecular flexibility index (Phi) is 6.26. The second-order valence-corrected chi connectivity index (χ2v) is 7.90. The lowest BCUT2D eigenvalue weighted by Gasteiger charge is -2.32. The summed E-state index contributed by atoms with van der Waals surface area (Å²) in [7, 11) is 2.12. The average Bonchev–Trinajstić information content (AvgIpc) is 2.86. The molecule has 2 rings (SSSR count). The van der Waals surface area contributed by atoms with Crippen molar-refractivity contribution in [3.63, 3.8) is 0 Å². The van der Waals surface area contributed by atoms with Crippen molar-refractivity contribution in [2.45, 2.75) is 32.0 Å². The molecule has 0 aliphatic heterocycles. The Hall–Kier alpha value is -0.390. The van der Waals surface area contributed by atoms with Crippen LogP contribution in [0.1, 0.15) is 29.8 Å². The standard InChI is InChI=1S/C16H20BrClN2S/c1-3-14(19)16(11-4-6-12(17)7-5-11)20(2)10-13-8-9-15(18)21-13/h4-9,14,16H,3,10,19H2,1-2H3. The van der Waals surface area contributed by atoms with Crippen LogP contribution in [0.4, 0.5) is 0 Å². The van der Waals surface area contributed by atoms with E-state index < -0.39 is 0 Å². The fourth-order valence-electron chi connectivity index (χ4n) is 2.49. The van der Waals surface area contributed by atoms with Crippen LogP contribution in [0.25, 0.3) is 0 Å². The highest BCUT2D eigenvalue weighted by Gasteiger charge is 2.23. The van der Waals surface area contributed by atoms with E-state index in [0.717, 1.165) is 21.8 Å². The first-order valence-electron chi connectivity index (χ1n) is 6.96. The van der Waals surface area contributed by atoms with Crippen LogP contribution in [0.15, 0.2) is 40.9 Å². The Balaban J connectivity index is 2.20. The number of nitrogens with zero attached hydrogens (tertiary/aromatic N) is 1. The summed E-state index contributed by atoms with van der Waals surface area (Å²) in [5.41, 5.74) is 7.62. The summed E-state index contributed by atoms with van der Waals surface area (Å²) in [6, 6.07) is 12.8. The van der Waals surface area contributed by atoms with E-state index in [9.17, 15) is 0 Å². The molecule has 1 aromatic carbocycles. The highest BCUT2D eigenvalue weighted by atomic mass is 79.9. The summed E-state index contributed by atoms with van der Waals surface area (Å²) in [6.07, 6.45) is 0.941. The van der Waals surface area contributed by atoms with Gasteiger partial charge in [0.05, 0.1) is 4.34 Å². The second kappa shape index (κ2) is 7.75. The van der Waals surface area contributed by atoms with Gasteiger partial charge in [0.15, 0.2) is 0 Å². The smallest absolute Gasteiger partial charge is 0.0931 e. The lowest BCUT2D eigenvalue weighted by molar-refractivity contribution is 0.203. The normalized spacial score (nSPS) is 14.4. The van der Waals surface area contributed by atoms with Crippen molar-refractivity contribution in [3.05, 3.63) is 55.6 Å². The van der Waals surface area contributed by atoms with Gasteiger partial charge in [0.1, 0.15) is 0 Å². The molecule has 1 aromatic heterocycles. The molecular weight excluding hydrogens is 368 g/mol. The maximum absolute atomic E-state index is 6.37. The number of likely N-dealkylation sites (N-methyl/N-ethyl adjacent to an activating group) is 1. The molecule has 0 radical (unpaired) electrons. The van der Waals surface area contributed by atoms with Crippen LogP contribution in [-0.2, 0) is 6.54 Å². The van der Waals surface area contributed by atoms with E-state index in [4.69, 9.17) is 17.3 Å². The minimum Gasteiger partial charge on any atom is -0.326 e. The zero-order chi connectivity index (χ0) is 15.4. The van der Waals surface area contributed by atoms with Crippen LogP contribution in [0.5, 0.6) is 0 Å². The summed E-state index contributed by atoms with van der Waals surface area (Å²) < 4.78 is 1.92. The number of hydrogen-bond donors (Lipinski definition) is 1. The molecule has 0 spiro atoms. The third-order valence-electron chi connectivity index (χ3n) is 3.60. The van der Waals surface area contributed by atoms with Crippen molar-refractivity contribution in [1.29, 1.82) is 0 Å². The molecule has 2 nitrogen and oxygen atoms in total. The lowest BCUT2D eigenvalue weighted by Crippen LogP contribution is -2.38. The molecule has 114 valence electrons. The summed E-state index contributed by atoms with van der Waals surface area (Å²) in [4.78, 5) is 3.56. The van der Waals surface area contributed by atoms with Crippen molar-refractivity contribution in [2.75, 3.05) is 7.05 Å². The Morgan fingerprint density at radius 3 is 2.43 bits per heavy atom. The van der Waals surface area contributed by atoms with Gasteiger partial charge in [-0.2, -0.15) is 0 Å². The third-order valence-corrected chi connectivity index (χ3v) is 5.34. The predicted octanol–water partition coefficient (Wildman–Crippen LogP) is 5.07. The molecule has 0 amide bonds. The van der Waals surface area contributed by atoms with Crippen molar-refractivity contribution >= 4 is 38.9 Å². The van der Waals surface area contributed by atoms with Gasteiger partial charge in [-0.3, -0.25) is 4.90 Å². The minimum absolute atomic E-state index is 0.103. The third kappa shape index (κ3) is 4.54. The van der Waals surface area contributed by atoms with E-state index >= 15 is 0 Å². The number of hydrogen-bond acceptors (Lipinski definition) is 3. The SMILES string of the molecule is CCC(N)C(c1ccc(Br)cc1)N(C)Cc1ccc(Cl)s1. The van der Waals surface area contributed by atoms with Crippen molar-refractivity contribution in [1.82, 2.24) is 4.90 Å². The number of nitrogens with two attached hydrogens (primary N) is 1. The summed E-state index contributed by atoms with van der Waals surface area (Å²) in [5, 5.41) is 0. The number of thiophene rings is 1. The molecule has 0 bridgehead atoms. The summed E-state index contributed by atoms with van der Waals surface area (Å²) in [6.45, 7) is 2.98. The fraction of sp³-hybridized carbons (Fsp3) is 0.375. The number of rotatable bonds is 6. The first kappa shape index (κ1) is 17.0. The molecule has 2 unspecified atom stereocenters. The Labute approximate surface area is 144 Å². The van der Waals surface area contributed by atoms with Crippen molar-refractivity contribution in [2.24, 2.45) is 5.73 Å². The van der Waals surface area contributed by atoms with Gasteiger partial charge in [0, 0.05) is 28.0 Å². The molecule has 2 aromatic rings. The second-order valence-electron chi connectivity index (χ2n) is 5.19. The van der Waals surface area contributed by atoms with Crippen LogP contribution in [-0.4, -0.2) is 18.0 Å². The largest absolute Gasteiger partial charge is 0.326 e. The molecule has 0 saturated carbocycles. The molecule has 0 aliphatic carbocycles. The van der Waals surface area contributed by atoms with Crippen LogP contribution in [0.2, 0.25) is 4.34 Å². The topological polar surface area (TPSA) is 29.3 Å². The number of benzene rings is 1. The first-order valence-corrected chi connectivity index (χ1v) is 8.95. The van der Waals surface area contributed by atoms with Crippen LogP contribution in [0.3, 0.4) is 0 Å². The predicted molar refractivity (Wildman–Crippen MR) is 95.9 cm³/mol. The molecule has 0 saturated heterocycles. The average molecular weight is 388 g/mol. The molecule has 0 aliphatic rings. The van der Waals surface area contributed by atoms with Gasteiger partial charge >= 0.3 is 0 Å². The van der Waals surface area contributed by atoms with Gasteiger partial charge < -0.3 is 5.73 Å². The van der Waals surface area contributed by atoms with Gasteiger partial charge in [0.25, 0.3) is 0 Å². The fourth-order valence-corrected chi connectivity index (χ4v) is 3.91. The van der Waals surface area contributed by atoms with E-state index in [1.165, 1.54) is 10.4 Å². The van der Waals surface area contributed by atoms with Crippen molar-refractivity contribution in [3.8, 4) is 0 Å². The lowest BCUT2D eigenvalue weighted by atomic mass is 9.96. The van der Waals surface area contributed by atoms with E-state index in [0.29, 0.717) is 0 Å². The Morgan fingerprint density at radius 2 is 1.90 bits per heavy atom. The maximum atomic E-state index is 6.37. The van der Waals surface area contributed by atoms with Crippen LogP contribution >= 0.6 is 38.9 Å². The van der Waals surface area contributed by atoms with E-state index in [2.05, 4.69) is 65.1 Å². The molecule has 2 N–H and O–H groups in total. The van der Waals surface area contributed by atoms with Gasteiger partial charge in [-0.1, -0.05) is 46.6 Å². The van der Waals surface area contributed by atoms with E-state index in [-0.39, 0.29) is 12.1 Å². The van der Waals surface area contributed by atoms with Gasteiger partial charge in [-0.15, -0.1) is 11.3 Å². The van der Waals surface area contributed by atoms with Crippen LogP contribution in [0, 0.1) is 0 Å². The van der Waals surface area contributed by atoms with Crippen LogP contribution < -0.4 is 5.73 Å². The van der Waals surface area contributed by atoms with Gasteiger partial charge in [-0.05, 0) is 43.3 Å².